The zero-order chi connectivity index (χ0) is 17.7. The lowest BCUT2D eigenvalue weighted by Crippen LogP contribution is -2.29. The number of sulfonamides is 1. The van der Waals surface area contributed by atoms with Crippen LogP contribution in [0.4, 0.5) is 4.39 Å². The highest BCUT2D eigenvalue weighted by Crippen LogP contribution is 2.25. The summed E-state index contributed by atoms with van der Waals surface area (Å²) in [5.41, 5.74) is 0.585. The highest BCUT2D eigenvalue weighted by molar-refractivity contribution is 7.98. The second-order valence-electron chi connectivity index (χ2n) is 4.94. The molecular weight excluding hydrogens is 353 g/mol. The molecule has 0 radical (unpaired) electrons. The number of thioether (sulfide) groups is 1. The Bertz CT molecular complexity index is 794. The van der Waals surface area contributed by atoms with E-state index in [0.717, 1.165) is 17.0 Å². The third-order valence-electron chi connectivity index (χ3n) is 3.38. The summed E-state index contributed by atoms with van der Waals surface area (Å²) < 4.78 is 45.2. The molecule has 2 rings (SSSR count). The van der Waals surface area contributed by atoms with E-state index in [1.807, 2.05) is 18.4 Å². The van der Waals surface area contributed by atoms with Gasteiger partial charge in [-0.2, -0.15) is 0 Å². The van der Waals surface area contributed by atoms with Gasteiger partial charge in [0.2, 0.25) is 10.0 Å². The summed E-state index contributed by atoms with van der Waals surface area (Å²) in [4.78, 5) is 0.728. The summed E-state index contributed by atoms with van der Waals surface area (Å²) in [6.07, 6.45) is 0.918. The Morgan fingerprint density at radius 3 is 2.50 bits per heavy atom. The molecule has 0 spiro atoms. The van der Waals surface area contributed by atoms with Crippen LogP contribution in [-0.2, 0) is 10.0 Å². The second-order valence-corrected chi connectivity index (χ2v) is 7.55. The van der Waals surface area contributed by atoms with Crippen LogP contribution in [0.5, 0.6) is 5.75 Å². The molecular formula is C16H18FNO4S2. The Balaban J connectivity index is 2.13. The van der Waals surface area contributed by atoms with Crippen LogP contribution in [0.25, 0.3) is 0 Å². The first-order valence-electron chi connectivity index (χ1n) is 7.02. The number of aliphatic hydroxyl groups excluding tert-OH is 1. The maximum absolute atomic E-state index is 13.3. The van der Waals surface area contributed by atoms with Crippen LogP contribution >= 0.6 is 11.8 Å². The minimum absolute atomic E-state index is 0.0303. The highest BCUT2D eigenvalue weighted by Gasteiger charge is 2.21. The van der Waals surface area contributed by atoms with E-state index in [2.05, 4.69) is 4.72 Å². The molecule has 0 amide bonds. The highest BCUT2D eigenvalue weighted by atomic mass is 32.2. The van der Waals surface area contributed by atoms with Crippen LogP contribution in [0.3, 0.4) is 0 Å². The molecule has 0 aromatic heterocycles. The average Bonchev–Trinajstić information content (AvgIpc) is 2.59. The number of nitrogens with one attached hydrogen (secondary N) is 1. The summed E-state index contributed by atoms with van der Waals surface area (Å²) in [5.74, 6) is -0.660. The summed E-state index contributed by atoms with van der Waals surface area (Å²) in [7, 11) is -2.72. The maximum atomic E-state index is 13.3. The number of halogens is 1. The van der Waals surface area contributed by atoms with E-state index in [-0.39, 0.29) is 17.2 Å². The van der Waals surface area contributed by atoms with E-state index in [4.69, 9.17) is 4.74 Å². The van der Waals surface area contributed by atoms with Gasteiger partial charge < -0.3 is 9.84 Å². The minimum Gasteiger partial charge on any atom is -0.495 e. The van der Waals surface area contributed by atoms with Gasteiger partial charge in [-0.3, -0.25) is 0 Å². The third kappa shape index (κ3) is 4.47. The Morgan fingerprint density at radius 1 is 1.25 bits per heavy atom. The molecule has 0 unspecified atom stereocenters. The molecule has 2 aromatic rings. The molecule has 24 heavy (non-hydrogen) atoms. The first kappa shape index (κ1) is 18.7. The topological polar surface area (TPSA) is 75.6 Å². The Labute approximate surface area is 144 Å². The lowest BCUT2D eigenvalue weighted by molar-refractivity contribution is 0.182. The van der Waals surface area contributed by atoms with Gasteiger partial charge in [0.15, 0.2) is 0 Å². The fourth-order valence-corrected chi connectivity index (χ4v) is 3.70. The van der Waals surface area contributed by atoms with E-state index in [1.165, 1.54) is 13.2 Å². The zero-order valence-corrected chi connectivity index (χ0v) is 14.8. The molecule has 0 heterocycles. The molecule has 0 aliphatic heterocycles. The molecule has 0 saturated heterocycles. The smallest absolute Gasteiger partial charge is 0.244 e. The Morgan fingerprint density at radius 2 is 1.92 bits per heavy atom. The molecule has 8 heteroatoms. The average molecular weight is 371 g/mol. The van der Waals surface area contributed by atoms with E-state index in [1.54, 1.807) is 23.9 Å². The maximum Gasteiger partial charge on any atom is 0.244 e. The first-order chi connectivity index (χ1) is 11.4. The van der Waals surface area contributed by atoms with Crippen LogP contribution < -0.4 is 9.46 Å². The second kappa shape index (κ2) is 7.98. The summed E-state index contributed by atoms with van der Waals surface area (Å²) in [6, 6.07) is 10.4. The molecule has 0 fully saturated rings. The molecule has 2 N–H and O–H groups in total. The van der Waals surface area contributed by atoms with Crippen molar-refractivity contribution in [2.45, 2.75) is 15.9 Å². The van der Waals surface area contributed by atoms with Crippen LogP contribution in [0.15, 0.2) is 52.3 Å². The van der Waals surface area contributed by atoms with Crippen molar-refractivity contribution in [3.63, 3.8) is 0 Å². The van der Waals surface area contributed by atoms with Crippen molar-refractivity contribution in [1.82, 2.24) is 4.72 Å². The minimum atomic E-state index is -4.02. The molecule has 0 bridgehead atoms. The van der Waals surface area contributed by atoms with Gasteiger partial charge in [0.25, 0.3) is 0 Å². The molecule has 2 aromatic carbocycles. The van der Waals surface area contributed by atoms with E-state index in [0.29, 0.717) is 5.56 Å². The monoisotopic (exact) mass is 371 g/mol. The fourth-order valence-electron chi connectivity index (χ4n) is 2.07. The summed E-state index contributed by atoms with van der Waals surface area (Å²) in [6.45, 7) is -0.236. The Kier molecular flexibility index (Phi) is 6.22. The van der Waals surface area contributed by atoms with Gasteiger partial charge in [0.1, 0.15) is 16.5 Å². The number of rotatable bonds is 7. The summed E-state index contributed by atoms with van der Waals surface area (Å²) >= 11 is 1.57. The molecule has 1 atom stereocenters. The van der Waals surface area contributed by atoms with Crippen LogP contribution in [-0.4, -0.2) is 33.4 Å². The van der Waals surface area contributed by atoms with E-state index < -0.39 is 21.9 Å². The number of methoxy groups -OCH3 is 1. The lowest BCUT2D eigenvalue weighted by Gasteiger charge is -2.14. The third-order valence-corrected chi connectivity index (χ3v) is 5.57. The predicted molar refractivity (Wildman–Crippen MR) is 91.3 cm³/mol. The van der Waals surface area contributed by atoms with Crippen molar-refractivity contribution in [3.8, 4) is 5.75 Å². The lowest BCUT2D eigenvalue weighted by atomic mass is 10.1. The van der Waals surface area contributed by atoms with Crippen molar-refractivity contribution >= 4 is 21.8 Å². The number of aliphatic hydroxyl groups is 1. The predicted octanol–water partition coefficient (Wildman–Crippen LogP) is 2.57. The first-order valence-corrected chi connectivity index (χ1v) is 9.73. The normalized spacial score (nSPS) is 12.8. The van der Waals surface area contributed by atoms with E-state index in [9.17, 15) is 17.9 Å². The van der Waals surface area contributed by atoms with Gasteiger partial charge in [0.05, 0.1) is 13.2 Å². The van der Waals surface area contributed by atoms with Gasteiger partial charge >= 0.3 is 0 Å². The van der Waals surface area contributed by atoms with Crippen molar-refractivity contribution in [2.75, 3.05) is 19.9 Å². The van der Waals surface area contributed by atoms with Crippen LogP contribution in [0.2, 0.25) is 0 Å². The van der Waals surface area contributed by atoms with Crippen molar-refractivity contribution in [2.24, 2.45) is 0 Å². The number of ether oxygens (including phenoxy) is 1. The molecule has 130 valence electrons. The molecule has 0 aliphatic rings. The van der Waals surface area contributed by atoms with Gasteiger partial charge in [0, 0.05) is 11.4 Å². The largest absolute Gasteiger partial charge is 0.495 e. The number of hydrogen-bond acceptors (Lipinski definition) is 5. The number of hydrogen-bond donors (Lipinski definition) is 2. The van der Waals surface area contributed by atoms with Gasteiger partial charge in [-0.1, -0.05) is 12.1 Å². The SMILES string of the molecule is COc1ccc(F)cc1S(=O)(=O)NC[C@@H](O)c1ccc(SC)cc1. The standard InChI is InChI=1S/C16H18FNO4S2/c1-22-15-8-5-12(17)9-16(15)24(20,21)18-10-14(19)11-3-6-13(23-2)7-4-11/h3-9,14,18-19H,10H2,1-2H3/t14-/m1/s1. The van der Waals surface area contributed by atoms with Crippen molar-refractivity contribution < 1.29 is 22.7 Å². The van der Waals surface area contributed by atoms with Crippen LogP contribution in [0.1, 0.15) is 11.7 Å². The van der Waals surface area contributed by atoms with E-state index >= 15 is 0 Å². The zero-order valence-electron chi connectivity index (χ0n) is 13.2. The molecule has 5 nitrogen and oxygen atoms in total. The van der Waals surface area contributed by atoms with Gasteiger partial charge in [-0.15, -0.1) is 11.8 Å². The van der Waals surface area contributed by atoms with Crippen LogP contribution in [0, 0.1) is 5.82 Å². The Hall–Kier alpha value is -1.61. The van der Waals surface area contributed by atoms with Crippen molar-refractivity contribution in [1.29, 1.82) is 0 Å². The summed E-state index contributed by atoms with van der Waals surface area (Å²) in [5, 5.41) is 10.1. The van der Waals surface area contributed by atoms with Gasteiger partial charge in [-0.05, 0) is 42.2 Å². The van der Waals surface area contributed by atoms with Gasteiger partial charge in [-0.25, -0.2) is 17.5 Å². The van der Waals surface area contributed by atoms with Crippen molar-refractivity contribution in [3.05, 3.63) is 53.8 Å². The fraction of sp³-hybridized carbons (Fsp3) is 0.250. The molecule has 0 saturated carbocycles. The quantitative estimate of drug-likeness (QED) is 0.732. The number of benzene rings is 2. The molecule has 0 aliphatic carbocycles.